The second kappa shape index (κ2) is 10.2. The Labute approximate surface area is 164 Å². The molecule has 6 heteroatoms. The lowest BCUT2D eigenvalue weighted by Gasteiger charge is -2.20. The predicted octanol–water partition coefficient (Wildman–Crippen LogP) is 3.74. The van der Waals surface area contributed by atoms with Crippen molar-refractivity contribution in [2.24, 2.45) is 0 Å². The van der Waals surface area contributed by atoms with Gasteiger partial charge in [0, 0.05) is 30.1 Å². The van der Waals surface area contributed by atoms with Gasteiger partial charge in [-0.1, -0.05) is 59.6 Å². The van der Waals surface area contributed by atoms with Gasteiger partial charge in [0.05, 0.1) is 6.54 Å². The first-order valence-corrected chi connectivity index (χ1v) is 9.21. The van der Waals surface area contributed by atoms with E-state index < -0.39 is 0 Å². The van der Waals surface area contributed by atoms with E-state index in [1.807, 2.05) is 36.4 Å². The quantitative estimate of drug-likeness (QED) is 0.743. The number of carbonyl (C=O) groups excluding carboxylic acids is 2. The van der Waals surface area contributed by atoms with Crippen molar-refractivity contribution in [2.45, 2.75) is 19.8 Å². The van der Waals surface area contributed by atoms with Crippen LogP contribution in [0.1, 0.15) is 18.1 Å². The summed E-state index contributed by atoms with van der Waals surface area (Å²) in [5.74, 6) is -0.296. The predicted molar refractivity (Wildman–Crippen MR) is 106 cm³/mol. The number of carbonyl (C=O) groups is 2. The van der Waals surface area contributed by atoms with Crippen molar-refractivity contribution >= 4 is 35.0 Å². The summed E-state index contributed by atoms with van der Waals surface area (Å²) in [7, 11) is 0. The average Bonchev–Trinajstić information content (AvgIpc) is 2.61. The van der Waals surface area contributed by atoms with Crippen LogP contribution < -0.4 is 5.32 Å². The summed E-state index contributed by atoms with van der Waals surface area (Å²) >= 11 is 12.0. The van der Waals surface area contributed by atoms with Crippen LogP contribution in [0.4, 0.5) is 0 Å². The Hall–Kier alpha value is -2.04. The Kier molecular flexibility index (Phi) is 7.95. The van der Waals surface area contributed by atoms with Crippen LogP contribution in [0.5, 0.6) is 0 Å². The van der Waals surface area contributed by atoms with Crippen LogP contribution in [-0.2, 0) is 22.4 Å². The monoisotopic (exact) mass is 392 g/mol. The van der Waals surface area contributed by atoms with Crippen LogP contribution in [0, 0.1) is 0 Å². The zero-order valence-corrected chi connectivity index (χ0v) is 16.2. The molecule has 0 aliphatic rings. The number of hydrogen-bond donors (Lipinski definition) is 1. The molecule has 1 N–H and O–H groups in total. The maximum absolute atomic E-state index is 12.1. The molecule has 0 aromatic heterocycles. The number of hydrogen-bond acceptors (Lipinski definition) is 2. The minimum Gasteiger partial charge on any atom is -0.354 e. The van der Waals surface area contributed by atoms with E-state index in [0.29, 0.717) is 36.0 Å². The fraction of sp³-hybridized carbons (Fsp3) is 0.300. The summed E-state index contributed by atoms with van der Waals surface area (Å²) in [5.41, 5.74) is 2.06. The van der Waals surface area contributed by atoms with E-state index in [1.54, 1.807) is 17.0 Å². The zero-order valence-electron chi connectivity index (χ0n) is 14.7. The lowest BCUT2D eigenvalue weighted by molar-refractivity contribution is -0.134. The molecule has 2 rings (SSSR count). The van der Waals surface area contributed by atoms with E-state index in [2.05, 4.69) is 5.32 Å². The van der Waals surface area contributed by atoms with Gasteiger partial charge < -0.3 is 10.2 Å². The van der Waals surface area contributed by atoms with Gasteiger partial charge in [0.15, 0.2) is 0 Å². The summed E-state index contributed by atoms with van der Waals surface area (Å²) in [5, 5.41) is 4.00. The Balaban J connectivity index is 1.79. The standard InChI is InChI=1S/C20H22Cl2N2O2/c1-15(25)24(12-10-16-5-3-2-4-6-16)14-20(26)23-11-9-17-7-8-18(21)13-19(17)22/h2-8,13H,9-12,14H2,1H3,(H,23,26). The molecule has 0 aliphatic heterocycles. The molecular weight excluding hydrogens is 371 g/mol. The van der Waals surface area contributed by atoms with Crippen molar-refractivity contribution < 1.29 is 9.59 Å². The Morgan fingerprint density at radius 3 is 2.42 bits per heavy atom. The van der Waals surface area contributed by atoms with Gasteiger partial charge in [0.1, 0.15) is 0 Å². The highest BCUT2D eigenvalue weighted by Crippen LogP contribution is 2.21. The van der Waals surface area contributed by atoms with E-state index >= 15 is 0 Å². The SMILES string of the molecule is CC(=O)N(CCc1ccccc1)CC(=O)NCCc1ccc(Cl)cc1Cl. The van der Waals surface area contributed by atoms with E-state index in [1.165, 1.54) is 6.92 Å². The van der Waals surface area contributed by atoms with Crippen LogP contribution in [-0.4, -0.2) is 36.3 Å². The molecule has 0 spiro atoms. The average molecular weight is 393 g/mol. The van der Waals surface area contributed by atoms with Crippen LogP contribution in [0.3, 0.4) is 0 Å². The zero-order chi connectivity index (χ0) is 18.9. The first-order valence-electron chi connectivity index (χ1n) is 8.46. The number of amides is 2. The molecule has 0 atom stereocenters. The van der Waals surface area contributed by atoms with Gasteiger partial charge in [-0.15, -0.1) is 0 Å². The molecule has 0 bridgehead atoms. The van der Waals surface area contributed by atoms with Gasteiger partial charge in [0.2, 0.25) is 11.8 Å². The Morgan fingerprint density at radius 1 is 1.04 bits per heavy atom. The third-order valence-corrected chi connectivity index (χ3v) is 4.61. The molecular formula is C20H22Cl2N2O2. The van der Waals surface area contributed by atoms with Gasteiger partial charge in [-0.05, 0) is 36.1 Å². The minimum absolute atomic E-state index is 0.0521. The van der Waals surface area contributed by atoms with Gasteiger partial charge in [-0.2, -0.15) is 0 Å². The lowest BCUT2D eigenvalue weighted by atomic mass is 10.1. The molecule has 0 saturated heterocycles. The van der Waals surface area contributed by atoms with E-state index in [9.17, 15) is 9.59 Å². The first-order chi connectivity index (χ1) is 12.5. The minimum atomic E-state index is -0.182. The maximum atomic E-state index is 12.1. The van der Waals surface area contributed by atoms with E-state index in [0.717, 1.165) is 11.1 Å². The van der Waals surface area contributed by atoms with Crippen molar-refractivity contribution in [2.75, 3.05) is 19.6 Å². The van der Waals surface area contributed by atoms with Crippen LogP contribution >= 0.6 is 23.2 Å². The number of nitrogens with zero attached hydrogens (tertiary/aromatic N) is 1. The highest BCUT2D eigenvalue weighted by Gasteiger charge is 2.13. The summed E-state index contributed by atoms with van der Waals surface area (Å²) in [6.45, 7) is 2.49. The third-order valence-electron chi connectivity index (χ3n) is 4.02. The van der Waals surface area contributed by atoms with Gasteiger partial charge in [-0.25, -0.2) is 0 Å². The molecule has 2 aromatic rings. The van der Waals surface area contributed by atoms with Crippen molar-refractivity contribution in [3.63, 3.8) is 0 Å². The van der Waals surface area contributed by atoms with Crippen molar-refractivity contribution in [1.29, 1.82) is 0 Å². The number of rotatable bonds is 8. The second-order valence-electron chi connectivity index (χ2n) is 6.01. The molecule has 4 nitrogen and oxygen atoms in total. The third kappa shape index (κ3) is 6.70. The summed E-state index contributed by atoms with van der Waals surface area (Å²) in [6, 6.07) is 15.2. The fourth-order valence-electron chi connectivity index (χ4n) is 2.55. The summed E-state index contributed by atoms with van der Waals surface area (Å²) in [6.07, 6.45) is 1.32. The molecule has 0 heterocycles. The maximum Gasteiger partial charge on any atom is 0.239 e. The van der Waals surface area contributed by atoms with Gasteiger partial charge >= 0.3 is 0 Å². The fourth-order valence-corrected chi connectivity index (χ4v) is 3.05. The van der Waals surface area contributed by atoms with Crippen molar-refractivity contribution in [3.05, 3.63) is 69.7 Å². The number of halogens is 2. The number of nitrogens with one attached hydrogen (secondary N) is 1. The van der Waals surface area contributed by atoms with Gasteiger partial charge in [-0.3, -0.25) is 9.59 Å². The van der Waals surface area contributed by atoms with E-state index in [-0.39, 0.29) is 18.4 Å². The highest BCUT2D eigenvalue weighted by molar-refractivity contribution is 6.35. The molecule has 0 radical (unpaired) electrons. The van der Waals surface area contributed by atoms with E-state index in [4.69, 9.17) is 23.2 Å². The molecule has 0 aliphatic carbocycles. The Morgan fingerprint density at radius 2 is 1.77 bits per heavy atom. The second-order valence-corrected chi connectivity index (χ2v) is 6.86. The van der Waals surface area contributed by atoms with Crippen LogP contribution in [0.25, 0.3) is 0 Å². The lowest BCUT2D eigenvalue weighted by Crippen LogP contribution is -2.41. The molecule has 0 saturated carbocycles. The first kappa shape index (κ1) is 20.3. The summed E-state index contributed by atoms with van der Waals surface area (Å²) < 4.78 is 0. The van der Waals surface area contributed by atoms with Gasteiger partial charge in [0.25, 0.3) is 0 Å². The normalized spacial score (nSPS) is 10.4. The molecule has 0 unspecified atom stereocenters. The topological polar surface area (TPSA) is 49.4 Å². The molecule has 0 fully saturated rings. The molecule has 2 amide bonds. The van der Waals surface area contributed by atoms with Crippen molar-refractivity contribution in [3.8, 4) is 0 Å². The summed E-state index contributed by atoms with van der Waals surface area (Å²) in [4.78, 5) is 25.5. The van der Waals surface area contributed by atoms with Crippen LogP contribution in [0.2, 0.25) is 10.0 Å². The smallest absolute Gasteiger partial charge is 0.239 e. The highest BCUT2D eigenvalue weighted by atomic mass is 35.5. The van der Waals surface area contributed by atoms with Crippen LogP contribution in [0.15, 0.2) is 48.5 Å². The Bertz CT molecular complexity index is 751. The number of benzene rings is 2. The molecule has 2 aromatic carbocycles. The van der Waals surface area contributed by atoms with Crippen molar-refractivity contribution in [1.82, 2.24) is 10.2 Å². The molecule has 138 valence electrons. The largest absolute Gasteiger partial charge is 0.354 e. The molecule has 26 heavy (non-hydrogen) atoms.